The van der Waals surface area contributed by atoms with E-state index in [4.69, 9.17) is 0 Å². The Balaban J connectivity index is 1.22. The fourth-order valence-corrected chi connectivity index (χ4v) is 11.2. The summed E-state index contributed by atoms with van der Waals surface area (Å²) >= 11 is 0. The van der Waals surface area contributed by atoms with E-state index in [1.165, 1.54) is 88.2 Å². The Morgan fingerprint density at radius 2 is 1.02 bits per heavy atom. The van der Waals surface area contributed by atoms with Crippen molar-refractivity contribution in [3.05, 3.63) is 281 Å². The zero-order valence-corrected chi connectivity index (χ0v) is 36.0. The lowest BCUT2D eigenvalue weighted by molar-refractivity contribution is 0.765. The first-order valence-corrected chi connectivity index (χ1v) is 22.4. The molecule has 1 aliphatic carbocycles. The molecule has 10 aromatic carbocycles. The number of para-hydroxylation sites is 2. The summed E-state index contributed by atoms with van der Waals surface area (Å²) in [6.45, 7) is 2.25. The number of benzene rings is 10. The van der Waals surface area contributed by atoms with E-state index in [-0.39, 0.29) is 5.92 Å². The van der Waals surface area contributed by atoms with Gasteiger partial charge >= 0.3 is 0 Å². The number of hydrogen-bond donors (Lipinski definition) is 0. The van der Waals surface area contributed by atoms with Crippen LogP contribution in [0.4, 0.5) is 17.1 Å². The fraction of sp³-hybridized carbons (Fsp3) is 0.0645. The highest BCUT2D eigenvalue weighted by atomic mass is 15.1. The van der Waals surface area contributed by atoms with Gasteiger partial charge in [0.05, 0.1) is 22.3 Å². The van der Waals surface area contributed by atoms with E-state index in [1.807, 2.05) is 0 Å². The van der Waals surface area contributed by atoms with Crippen LogP contribution in [0, 0.1) is 6.92 Å². The molecule has 0 N–H and O–H groups in total. The second kappa shape index (κ2) is 15.1. The third kappa shape index (κ3) is 5.65. The molecule has 1 atom stereocenters. The number of hydrogen-bond acceptors (Lipinski definition) is 1. The Morgan fingerprint density at radius 1 is 0.438 bits per heavy atom. The van der Waals surface area contributed by atoms with Crippen LogP contribution in [0.5, 0.6) is 0 Å². The van der Waals surface area contributed by atoms with Gasteiger partial charge in [0, 0.05) is 40.3 Å². The molecule has 0 spiro atoms. The molecule has 0 bridgehead atoms. The molecule has 0 aliphatic heterocycles. The molecule has 1 unspecified atom stereocenters. The van der Waals surface area contributed by atoms with E-state index >= 15 is 0 Å². The normalized spacial score (nSPS) is 13.2. The first-order chi connectivity index (χ1) is 31.6. The Hall–Kier alpha value is -7.94. The molecule has 2 heteroatoms. The minimum atomic E-state index is -0.650. The summed E-state index contributed by atoms with van der Waals surface area (Å²) in [5, 5.41) is 4.92. The van der Waals surface area contributed by atoms with Crippen molar-refractivity contribution in [3.8, 4) is 11.1 Å². The van der Waals surface area contributed by atoms with Gasteiger partial charge in [0.2, 0.25) is 0 Å². The van der Waals surface area contributed by atoms with Gasteiger partial charge in [-0.15, -0.1) is 0 Å². The van der Waals surface area contributed by atoms with Crippen molar-refractivity contribution in [2.45, 2.75) is 18.3 Å². The van der Waals surface area contributed by atoms with Crippen LogP contribution < -0.4 is 4.90 Å². The second-order valence-electron chi connectivity index (χ2n) is 17.3. The zero-order valence-electron chi connectivity index (χ0n) is 36.0. The van der Waals surface area contributed by atoms with E-state index in [1.54, 1.807) is 0 Å². The molecule has 0 amide bonds. The maximum atomic E-state index is 2.56. The van der Waals surface area contributed by atoms with E-state index in [0.717, 1.165) is 17.1 Å². The SMILES string of the molecule is Cc1ccccc1C(c1ccccc1)c1ccc2c(c1)C(c1ccccc1)(c1ccccc1)c1cc(N(c3ccccc3)c3cccc4c3c3ccccc3n4C)c3ccccc3c1-2. The van der Waals surface area contributed by atoms with Crippen molar-refractivity contribution in [1.82, 2.24) is 4.57 Å². The van der Waals surface area contributed by atoms with Crippen molar-refractivity contribution >= 4 is 49.6 Å². The van der Waals surface area contributed by atoms with Gasteiger partial charge < -0.3 is 9.47 Å². The molecule has 304 valence electrons. The van der Waals surface area contributed by atoms with Crippen LogP contribution in [0.15, 0.2) is 237 Å². The van der Waals surface area contributed by atoms with Crippen LogP contribution in [-0.4, -0.2) is 4.57 Å². The smallest absolute Gasteiger partial charge is 0.0714 e. The molecule has 1 aromatic heterocycles. The summed E-state index contributed by atoms with van der Waals surface area (Å²) in [5.74, 6) is 0.0442. The van der Waals surface area contributed by atoms with Crippen LogP contribution >= 0.6 is 0 Å². The molecule has 12 rings (SSSR count). The van der Waals surface area contributed by atoms with Crippen molar-refractivity contribution in [2.24, 2.45) is 7.05 Å². The summed E-state index contributed by atoms with van der Waals surface area (Å²) in [4.78, 5) is 2.52. The lowest BCUT2D eigenvalue weighted by Gasteiger charge is -2.36. The Kier molecular flexibility index (Phi) is 8.95. The van der Waals surface area contributed by atoms with Crippen LogP contribution in [0.2, 0.25) is 0 Å². The molecule has 11 aromatic rings. The minimum Gasteiger partial charge on any atom is -0.344 e. The molecule has 0 radical (unpaired) electrons. The number of nitrogens with zero attached hydrogens (tertiary/aromatic N) is 2. The van der Waals surface area contributed by atoms with Gasteiger partial charge in [-0.25, -0.2) is 0 Å². The van der Waals surface area contributed by atoms with Gasteiger partial charge in [0.15, 0.2) is 0 Å². The van der Waals surface area contributed by atoms with Crippen LogP contribution in [-0.2, 0) is 12.5 Å². The van der Waals surface area contributed by atoms with Gasteiger partial charge in [0.1, 0.15) is 0 Å². The van der Waals surface area contributed by atoms with Crippen LogP contribution in [0.25, 0.3) is 43.7 Å². The van der Waals surface area contributed by atoms with Gasteiger partial charge in [-0.3, -0.25) is 0 Å². The second-order valence-corrected chi connectivity index (χ2v) is 17.3. The predicted octanol–water partition coefficient (Wildman–Crippen LogP) is 15.8. The summed E-state index contributed by atoms with van der Waals surface area (Å²) in [6.07, 6.45) is 0. The topological polar surface area (TPSA) is 8.17 Å². The Bertz CT molecular complexity index is 3480. The average molecular weight is 819 g/mol. The largest absolute Gasteiger partial charge is 0.344 e. The first-order valence-electron chi connectivity index (χ1n) is 22.4. The Morgan fingerprint density at radius 3 is 1.72 bits per heavy atom. The van der Waals surface area contributed by atoms with Crippen molar-refractivity contribution in [3.63, 3.8) is 0 Å². The zero-order chi connectivity index (χ0) is 42.8. The molecule has 1 heterocycles. The van der Waals surface area contributed by atoms with E-state index < -0.39 is 5.41 Å². The number of aryl methyl sites for hydroxylation is 2. The monoisotopic (exact) mass is 818 g/mol. The average Bonchev–Trinajstić information content (AvgIpc) is 3.82. The van der Waals surface area contributed by atoms with E-state index in [9.17, 15) is 0 Å². The Labute approximate surface area is 375 Å². The van der Waals surface area contributed by atoms with Crippen molar-refractivity contribution in [1.29, 1.82) is 0 Å². The highest BCUT2D eigenvalue weighted by Gasteiger charge is 2.48. The molecule has 1 aliphatic rings. The predicted molar refractivity (Wildman–Crippen MR) is 268 cm³/mol. The maximum Gasteiger partial charge on any atom is 0.0714 e. The first kappa shape index (κ1) is 37.8. The number of aromatic nitrogens is 1. The molecule has 0 fully saturated rings. The van der Waals surface area contributed by atoms with Crippen molar-refractivity contribution in [2.75, 3.05) is 4.90 Å². The summed E-state index contributed by atoms with van der Waals surface area (Å²) in [5.41, 5.74) is 18.0. The minimum absolute atomic E-state index is 0.0442. The lowest BCUT2D eigenvalue weighted by atomic mass is 9.67. The lowest BCUT2D eigenvalue weighted by Crippen LogP contribution is -2.29. The van der Waals surface area contributed by atoms with Crippen LogP contribution in [0.1, 0.15) is 50.4 Å². The number of rotatable bonds is 8. The summed E-state index contributed by atoms with van der Waals surface area (Å²) < 4.78 is 2.34. The highest BCUT2D eigenvalue weighted by Crippen LogP contribution is 2.60. The number of fused-ring (bicyclic) bond motifs is 8. The highest BCUT2D eigenvalue weighted by molar-refractivity contribution is 6.18. The molecular formula is C62H46N2. The number of anilines is 3. The van der Waals surface area contributed by atoms with Gasteiger partial charge in [-0.2, -0.15) is 0 Å². The maximum absolute atomic E-state index is 2.56. The van der Waals surface area contributed by atoms with E-state index in [2.05, 4.69) is 260 Å². The quantitative estimate of drug-likeness (QED) is 0.139. The molecule has 2 nitrogen and oxygen atoms in total. The van der Waals surface area contributed by atoms with Gasteiger partial charge in [-0.05, 0) is 104 Å². The van der Waals surface area contributed by atoms with Gasteiger partial charge in [0.25, 0.3) is 0 Å². The summed E-state index contributed by atoms with van der Waals surface area (Å²) in [7, 11) is 2.19. The van der Waals surface area contributed by atoms with Crippen LogP contribution in [0.3, 0.4) is 0 Å². The third-order valence-corrected chi connectivity index (χ3v) is 13.9. The molecular weight excluding hydrogens is 773 g/mol. The molecule has 64 heavy (non-hydrogen) atoms. The molecule has 0 saturated heterocycles. The third-order valence-electron chi connectivity index (χ3n) is 13.9. The van der Waals surface area contributed by atoms with Crippen molar-refractivity contribution < 1.29 is 0 Å². The summed E-state index contributed by atoms with van der Waals surface area (Å²) in [6, 6.07) is 88.0. The van der Waals surface area contributed by atoms with E-state index in [0.29, 0.717) is 0 Å². The standard InChI is InChI=1S/C62H46N2/c1-42-22-15-16-31-48(42)59(43-23-7-3-8-24-43)44-38-39-51-53(40-44)62(45-25-9-4-10-26-45,46-27-11-5-12-28-46)54-41-58(49-32-17-18-33-50(49)60(51)54)64(47-29-13-6-14-30-47)57-37-21-36-56-61(57)52-34-19-20-35-55(52)63(56)2/h3-41,59H,1-2H3. The fourth-order valence-electron chi connectivity index (χ4n) is 11.2. The van der Waals surface area contributed by atoms with Gasteiger partial charge in [-0.1, -0.05) is 200 Å². The molecule has 0 saturated carbocycles.